The zero-order chi connectivity index (χ0) is 13.0. The van der Waals surface area contributed by atoms with Gasteiger partial charge in [-0.15, -0.1) is 0 Å². The fraction of sp³-hybridized carbons (Fsp3) is 0.455. The van der Waals surface area contributed by atoms with Gasteiger partial charge in [0.2, 0.25) is 0 Å². The van der Waals surface area contributed by atoms with Crippen LogP contribution in [0.4, 0.5) is 11.4 Å². The second-order valence-corrected chi connectivity index (χ2v) is 4.55. The number of hydrogen-bond donors (Lipinski definition) is 1. The molecule has 1 rings (SSSR count). The Balaban J connectivity index is 2.82. The Morgan fingerprint density at radius 3 is 2.71 bits per heavy atom. The van der Waals surface area contributed by atoms with E-state index in [1.54, 1.807) is 6.07 Å². The predicted molar refractivity (Wildman–Crippen MR) is 69.7 cm³/mol. The Labute approximate surface area is 106 Å². The number of hydrogen-bond acceptors (Lipinski definition) is 4. The molecule has 0 spiro atoms. The maximum atomic E-state index is 10.8. The van der Waals surface area contributed by atoms with Crippen LogP contribution in [-0.2, 0) is 0 Å². The zero-order valence-corrected chi connectivity index (χ0v) is 10.9. The van der Waals surface area contributed by atoms with Crippen molar-refractivity contribution < 1.29 is 4.92 Å². The quantitative estimate of drug-likeness (QED) is 0.651. The van der Waals surface area contributed by atoms with Gasteiger partial charge in [-0.25, -0.2) is 0 Å². The van der Waals surface area contributed by atoms with Crippen molar-refractivity contribution in [2.45, 2.75) is 13.0 Å². The molecule has 6 heteroatoms. The van der Waals surface area contributed by atoms with Crippen LogP contribution in [0.2, 0.25) is 5.02 Å². The summed E-state index contributed by atoms with van der Waals surface area (Å²) < 4.78 is 0. The Morgan fingerprint density at radius 2 is 2.18 bits per heavy atom. The van der Waals surface area contributed by atoms with Gasteiger partial charge >= 0.3 is 0 Å². The number of nitrogens with one attached hydrogen (secondary N) is 1. The van der Waals surface area contributed by atoms with E-state index in [9.17, 15) is 10.1 Å². The lowest BCUT2D eigenvalue weighted by atomic mass is 10.2. The third kappa shape index (κ3) is 3.87. The summed E-state index contributed by atoms with van der Waals surface area (Å²) in [7, 11) is 3.91. The number of nitrogens with zero attached hydrogens (tertiary/aromatic N) is 2. The second kappa shape index (κ2) is 5.84. The van der Waals surface area contributed by atoms with Crippen molar-refractivity contribution in [2.75, 3.05) is 26.0 Å². The first-order chi connectivity index (χ1) is 7.91. The standard InChI is InChI=1S/C11H16ClN3O2/c1-8(14(2)3)7-13-10-6-9(12)4-5-11(10)15(16)17/h4-6,8,13H,7H2,1-3H3. The second-order valence-electron chi connectivity index (χ2n) is 4.11. The van der Waals surface area contributed by atoms with Crippen molar-refractivity contribution in [3.8, 4) is 0 Å². The summed E-state index contributed by atoms with van der Waals surface area (Å²) in [5.74, 6) is 0. The van der Waals surface area contributed by atoms with Crippen LogP contribution in [0, 0.1) is 10.1 Å². The van der Waals surface area contributed by atoms with Gasteiger partial charge in [-0.05, 0) is 33.2 Å². The molecule has 0 aromatic heterocycles. The van der Waals surface area contributed by atoms with Gasteiger partial charge in [0.05, 0.1) is 4.92 Å². The SMILES string of the molecule is CC(CNc1cc(Cl)ccc1[N+](=O)[O-])N(C)C. The minimum absolute atomic E-state index is 0.0420. The van der Waals surface area contributed by atoms with Gasteiger partial charge in [0.1, 0.15) is 5.69 Å². The van der Waals surface area contributed by atoms with E-state index in [4.69, 9.17) is 11.6 Å². The van der Waals surface area contributed by atoms with Gasteiger partial charge in [-0.2, -0.15) is 0 Å². The predicted octanol–water partition coefficient (Wildman–Crippen LogP) is 2.61. The van der Waals surface area contributed by atoms with Crippen LogP contribution in [0.5, 0.6) is 0 Å². The van der Waals surface area contributed by atoms with Crippen molar-refractivity contribution in [2.24, 2.45) is 0 Å². The van der Waals surface area contributed by atoms with E-state index < -0.39 is 4.92 Å². The van der Waals surface area contributed by atoms with Crippen LogP contribution in [0.3, 0.4) is 0 Å². The van der Waals surface area contributed by atoms with Gasteiger partial charge in [-0.3, -0.25) is 10.1 Å². The smallest absolute Gasteiger partial charge is 0.292 e. The largest absolute Gasteiger partial charge is 0.378 e. The highest BCUT2D eigenvalue weighted by atomic mass is 35.5. The average Bonchev–Trinajstić information content (AvgIpc) is 2.25. The minimum atomic E-state index is -0.418. The number of halogens is 1. The molecule has 1 aromatic rings. The lowest BCUT2D eigenvalue weighted by molar-refractivity contribution is -0.384. The van der Waals surface area contributed by atoms with E-state index >= 15 is 0 Å². The van der Waals surface area contributed by atoms with Crippen LogP contribution >= 0.6 is 11.6 Å². The molecule has 1 unspecified atom stereocenters. The normalized spacial score (nSPS) is 12.5. The maximum absolute atomic E-state index is 10.8. The molecule has 1 aromatic carbocycles. The van der Waals surface area contributed by atoms with E-state index in [2.05, 4.69) is 5.32 Å². The Morgan fingerprint density at radius 1 is 1.53 bits per heavy atom. The van der Waals surface area contributed by atoms with Crippen LogP contribution in [-0.4, -0.2) is 36.5 Å². The lowest BCUT2D eigenvalue weighted by Crippen LogP contribution is -2.31. The number of nitro benzene ring substituents is 1. The van der Waals surface area contributed by atoms with Gasteiger partial charge < -0.3 is 10.2 Å². The van der Waals surface area contributed by atoms with Gasteiger partial charge in [0.15, 0.2) is 0 Å². The number of nitro groups is 1. The summed E-state index contributed by atoms with van der Waals surface area (Å²) in [6, 6.07) is 4.77. The van der Waals surface area contributed by atoms with E-state index in [0.717, 1.165) is 0 Å². The van der Waals surface area contributed by atoms with Crippen molar-refractivity contribution >= 4 is 23.0 Å². The molecule has 0 aliphatic heterocycles. The summed E-state index contributed by atoms with van der Waals surface area (Å²) in [4.78, 5) is 12.4. The molecular formula is C11H16ClN3O2. The topological polar surface area (TPSA) is 58.4 Å². The van der Waals surface area contributed by atoms with Crippen molar-refractivity contribution in [1.29, 1.82) is 0 Å². The van der Waals surface area contributed by atoms with Crippen LogP contribution < -0.4 is 5.32 Å². The van der Waals surface area contributed by atoms with E-state index in [-0.39, 0.29) is 11.7 Å². The fourth-order valence-electron chi connectivity index (χ4n) is 1.25. The van der Waals surface area contributed by atoms with E-state index in [1.807, 2.05) is 25.9 Å². The molecule has 0 amide bonds. The molecule has 0 bridgehead atoms. The van der Waals surface area contributed by atoms with Gasteiger partial charge in [0, 0.05) is 23.7 Å². The summed E-state index contributed by atoms with van der Waals surface area (Å²) >= 11 is 5.83. The molecule has 0 heterocycles. The first-order valence-corrected chi connectivity index (χ1v) is 5.64. The first-order valence-electron chi connectivity index (χ1n) is 5.26. The molecule has 17 heavy (non-hydrogen) atoms. The van der Waals surface area contributed by atoms with Crippen LogP contribution in [0.25, 0.3) is 0 Å². The van der Waals surface area contributed by atoms with Crippen molar-refractivity contribution in [3.05, 3.63) is 33.3 Å². The molecule has 0 radical (unpaired) electrons. The van der Waals surface area contributed by atoms with E-state index in [0.29, 0.717) is 17.3 Å². The van der Waals surface area contributed by atoms with Crippen molar-refractivity contribution in [3.63, 3.8) is 0 Å². The third-order valence-electron chi connectivity index (χ3n) is 2.62. The molecule has 0 fully saturated rings. The highest BCUT2D eigenvalue weighted by Gasteiger charge is 2.14. The number of benzene rings is 1. The molecule has 0 aliphatic carbocycles. The van der Waals surface area contributed by atoms with Gasteiger partial charge in [-0.1, -0.05) is 11.6 Å². The summed E-state index contributed by atoms with van der Waals surface area (Å²) in [6.45, 7) is 2.65. The summed E-state index contributed by atoms with van der Waals surface area (Å²) in [6.07, 6.45) is 0. The molecule has 5 nitrogen and oxygen atoms in total. The highest BCUT2D eigenvalue weighted by molar-refractivity contribution is 6.31. The average molecular weight is 258 g/mol. The zero-order valence-electron chi connectivity index (χ0n) is 10.1. The molecule has 1 atom stereocenters. The van der Waals surface area contributed by atoms with Crippen molar-refractivity contribution in [1.82, 2.24) is 4.90 Å². The fourth-order valence-corrected chi connectivity index (χ4v) is 1.42. The molecule has 1 N–H and O–H groups in total. The number of rotatable bonds is 5. The number of anilines is 1. The minimum Gasteiger partial charge on any atom is -0.378 e. The monoisotopic (exact) mass is 257 g/mol. The highest BCUT2D eigenvalue weighted by Crippen LogP contribution is 2.27. The molecule has 94 valence electrons. The third-order valence-corrected chi connectivity index (χ3v) is 2.86. The van der Waals surface area contributed by atoms with Crippen LogP contribution in [0.1, 0.15) is 6.92 Å². The molecule has 0 aliphatic rings. The molecule has 0 saturated heterocycles. The Kier molecular flexibility index (Phi) is 4.72. The van der Waals surface area contributed by atoms with Gasteiger partial charge in [0.25, 0.3) is 5.69 Å². The summed E-state index contributed by atoms with van der Waals surface area (Å²) in [5.41, 5.74) is 0.497. The summed E-state index contributed by atoms with van der Waals surface area (Å²) in [5, 5.41) is 14.4. The van der Waals surface area contributed by atoms with Crippen LogP contribution in [0.15, 0.2) is 18.2 Å². The Hall–Kier alpha value is -1.33. The molecule has 0 saturated carbocycles. The Bertz CT molecular complexity index is 410. The van der Waals surface area contributed by atoms with E-state index in [1.165, 1.54) is 12.1 Å². The molecular weight excluding hydrogens is 242 g/mol. The lowest BCUT2D eigenvalue weighted by Gasteiger charge is -2.20. The maximum Gasteiger partial charge on any atom is 0.292 e. The first kappa shape index (κ1) is 13.7. The number of likely N-dealkylation sites (N-methyl/N-ethyl adjacent to an activating group) is 1.